The molecule has 1 unspecified atom stereocenters. The van der Waals surface area contributed by atoms with Crippen LogP contribution in [0, 0.1) is 0 Å². The zero-order chi connectivity index (χ0) is 7.28. The highest BCUT2D eigenvalue weighted by atomic mass is 16.2. The zero-order valence-corrected chi connectivity index (χ0v) is 5.26. The van der Waals surface area contributed by atoms with Crippen LogP contribution in [0.3, 0.4) is 0 Å². The molecule has 0 rings (SSSR count). The van der Waals surface area contributed by atoms with Gasteiger partial charge in [0.05, 0.1) is 12.6 Å². The second kappa shape index (κ2) is 4.03. The van der Waals surface area contributed by atoms with E-state index in [0.717, 1.165) is 0 Å². The molecular weight excluding hydrogens is 120 g/mol. The minimum atomic E-state index is -0.430. The first-order chi connectivity index (χ1) is 4.20. The van der Waals surface area contributed by atoms with Crippen LogP contribution in [0.2, 0.25) is 0 Å². The van der Waals surface area contributed by atoms with Crippen molar-refractivity contribution in [3.63, 3.8) is 0 Å². The van der Waals surface area contributed by atoms with Crippen molar-refractivity contribution in [2.24, 2.45) is 5.73 Å². The highest BCUT2D eigenvalue weighted by Gasteiger charge is 2.01. The highest BCUT2D eigenvalue weighted by molar-refractivity contribution is 5.80. The first kappa shape index (κ1) is 8.10. The van der Waals surface area contributed by atoms with E-state index in [1.165, 1.54) is 0 Å². The Morgan fingerprint density at radius 2 is 2.44 bits per heavy atom. The third-order valence-corrected chi connectivity index (χ3v) is 0.778. The monoisotopic (exact) mass is 130 g/mol. The summed E-state index contributed by atoms with van der Waals surface area (Å²) in [6.07, 6.45) is 0.646. The molecule has 0 saturated heterocycles. The Morgan fingerprint density at radius 1 is 1.89 bits per heavy atom. The maximum atomic E-state index is 10.4. The van der Waals surface area contributed by atoms with Crippen molar-refractivity contribution in [3.8, 4) is 0 Å². The number of amides is 1. The van der Waals surface area contributed by atoms with Crippen molar-refractivity contribution >= 4 is 12.2 Å². The molecule has 1 atom stereocenters. The van der Waals surface area contributed by atoms with Gasteiger partial charge in [-0.25, -0.2) is 0 Å². The van der Waals surface area contributed by atoms with E-state index in [1.54, 1.807) is 6.92 Å². The zero-order valence-electron chi connectivity index (χ0n) is 5.26. The van der Waals surface area contributed by atoms with Gasteiger partial charge in [0.1, 0.15) is 6.29 Å². The summed E-state index contributed by atoms with van der Waals surface area (Å²) in [7, 11) is 0. The number of hydrogen-bond acceptors (Lipinski definition) is 3. The number of hydrogen-bond donors (Lipinski definition) is 2. The van der Waals surface area contributed by atoms with Crippen molar-refractivity contribution in [2.45, 2.75) is 13.0 Å². The van der Waals surface area contributed by atoms with Gasteiger partial charge in [-0.3, -0.25) is 4.79 Å². The molecule has 0 saturated carbocycles. The van der Waals surface area contributed by atoms with E-state index in [4.69, 9.17) is 5.73 Å². The number of nitrogens with two attached hydrogens (primary N) is 1. The van der Waals surface area contributed by atoms with Gasteiger partial charge in [0.25, 0.3) is 0 Å². The van der Waals surface area contributed by atoms with Crippen molar-refractivity contribution in [2.75, 3.05) is 6.54 Å². The van der Waals surface area contributed by atoms with E-state index in [9.17, 15) is 9.59 Å². The van der Waals surface area contributed by atoms with Crippen LogP contribution in [-0.2, 0) is 9.59 Å². The molecule has 1 amide bonds. The summed E-state index contributed by atoms with van der Waals surface area (Å²) in [6.45, 7) is 1.51. The van der Waals surface area contributed by atoms with Crippen molar-refractivity contribution in [3.05, 3.63) is 0 Å². The van der Waals surface area contributed by atoms with Gasteiger partial charge >= 0.3 is 0 Å². The van der Waals surface area contributed by atoms with E-state index >= 15 is 0 Å². The minimum Gasteiger partial charge on any atom is -0.346 e. The van der Waals surface area contributed by atoms with E-state index in [2.05, 4.69) is 5.32 Å². The third-order valence-electron chi connectivity index (χ3n) is 0.778. The van der Waals surface area contributed by atoms with Gasteiger partial charge in [0, 0.05) is 0 Å². The van der Waals surface area contributed by atoms with Crippen LogP contribution in [0.4, 0.5) is 0 Å². The molecule has 0 aromatic heterocycles. The Kier molecular flexibility index (Phi) is 3.62. The molecule has 0 heterocycles. The summed E-state index contributed by atoms with van der Waals surface area (Å²) < 4.78 is 0. The van der Waals surface area contributed by atoms with Crippen LogP contribution in [0.1, 0.15) is 6.92 Å². The van der Waals surface area contributed by atoms with Gasteiger partial charge in [-0.2, -0.15) is 0 Å². The molecule has 0 aliphatic carbocycles. The number of rotatable bonds is 3. The van der Waals surface area contributed by atoms with Crippen molar-refractivity contribution < 1.29 is 9.59 Å². The van der Waals surface area contributed by atoms with Crippen molar-refractivity contribution in [1.29, 1.82) is 0 Å². The lowest BCUT2D eigenvalue weighted by Crippen LogP contribution is -2.37. The average Bonchev–Trinajstić information content (AvgIpc) is 1.87. The molecule has 0 aliphatic heterocycles. The van der Waals surface area contributed by atoms with E-state index in [-0.39, 0.29) is 12.5 Å². The van der Waals surface area contributed by atoms with E-state index in [1.807, 2.05) is 0 Å². The SMILES string of the molecule is CC(C=O)NC(=O)CN. The molecule has 4 nitrogen and oxygen atoms in total. The Morgan fingerprint density at radius 3 is 2.78 bits per heavy atom. The maximum Gasteiger partial charge on any atom is 0.234 e. The van der Waals surface area contributed by atoms with E-state index in [0.29, 0.717) is 6.29 Å². The molecule has 0 aromatic carbocycles. The summed E-state index contributed by atoms with van der Waals surface area (Å²) >= 11 is 0. The molecule has 0 bridgehead atoms. The topological polar surface area (TPSA) is 72.2 Å². The summed E-state index contributed by atoms with van der Waals surface area (Å²) in [5.74, 6) is -0.311. The number of carbonyl (C=O) groups excluding carboxylic acids is 2. The molecule has 0 aliphatic rings. The molecule has 9 heavy (non-hydrogen) atoms. The Balaban J connectivity index is 3.46. The molecule has 0 spiro atoms. The predicted molar refractivity (Wildman–Crippen MR) is 32.7 cm³/mol. The number of aldehydes is 1. The van der Waals surface area contributed by atoms with Gasteiger partial charge in [0.2, 0.25) is 5.91 Å². The highest BCUT2D eigenvalue weighted by Crippen LogP contribution is 1.71. The largest absolute Gasteiger partial charge is 0.346 e. The second-order valence-corrected chi connectivity index (χ2v) is 1.70. The van der Waals surface area contributed by atoms with E-state index < -0.39 is 6.04 Å². The lowest BCUT2D eigenvalue weighted by atomic mass is 10.4. The van der Waals surface area contributed by atoms with Crippen LogP contribution in [0.5, 0.6) is 0 Å². The second-order valence-electron chi connectivity index (χ2n) is 1.70. The minimum absolute atomic E-state index is 0.0713. The molecule has 3 N–H and O–H groups in total. The van der Waals surface area contributed by atoms with Crippen LogP contribution >= 0.6 is 0 Å². The van der Waals surface area contributed by atoms with Crippen molar-refractivity contribution in [1.82, 2.24) is 5.32 Å². The maximum absolute atomic E-state index is 10.4. The van der Waals surface area contributed by atoms with Crippen LogP contribution < -0.4 is 11.1 Å². The summed E-state index contributed by atoms with van der Waals surface area (Å²) in [5.41, 5.74) is 4.95. The quantitative estimate of drug-likeness (QED) is 0.464. The van der Waals surface area contributed by atoms with Gasteiger partial charge in [-0.05, 0) is 6.92 Å². The fraction of sp³-hybridized carbons (Fsp3) is 0.600. The first-order valence-electron chi connectivity index (χ1n) is 2.65. The first-order valence-corrected chi connectivity index (χ1v) is 2.65. The normalized spacial score (nSPS) is 12.2. The predicted octanol–water partition coefficient (Wildman–Crippen LogP) is -1.35. The van der Waals surface area contributed by atoms with Gasteiger partial charge in [-0.1, -0.05) is 0 Å². The molecule has 0 aromatic rings. The van der Waals surface area contributed by atoms with Crippen LogP contribution in [0.15, 0.2) is 0 Å². The molecule has 4 heteroatoms. The van der Waals surface area contributed by atoms with Crippen LogP contribution in [0.25, 0.3) is 0 Å². The molecule has 52 valence electrons. The molecule has 0 radical (unpaired) electrons. The Hall–Kier alpha value is -0.900. The summed E-state index contributed by atoms with van der Waals surface area (Å²) in [5, 5.41) is 2.35. The summed E-state index contributed by atoms with van der Waals surface area (Å²) in [4.78, 5) is 20.3. The fourth-order valence-electron chi connectivity index (χ4n) is 0.347. The average molecular weight is 130 g/mol. The number of carbonyl (C=O) groups is 2. The number of nitrogens with one attached hydrogen (secondary N) is 1. The molecular formula is C5H10N2O2. The Bertz CT molecular complexity index is 114. The van der Waals surface area contributed by atoms with Gasteiger partial charge < -0.3 is 15.8 Å². The Labute approximate surface area is 53.4 Å². The third kappa shape index (κ3) is 3.66. The smallest absolute Gasteiger partial charge is 0.234 e. The van der Waals surface area contributed by atoms with Crippen LogP contribution in [-0.4, -0.2) is 24.8 Å². The molecule has 0 fully saturated rings. The fourth-order valence-corrected chi connectivity index (χ4v) is 0.347. The lowest BCUT2D eigenvalue weighted by molar-refractivity contribution is -0.122. The van der Waals surface area contributed by atoms with Gasteiger partial charge in [-0.15, -0.1) is 0 Å². The standard InChI is InChI=1S/C5H10N2O2/c1-4(3-8)7-5(9)2-6/h3-4H,2,6H2,1H3,(H,7,9). The summed E-state index contributed by atoms with van der Waals surface area (Å²) in [6, 6.07) is -0.430. The lowest BCUT2D eigenvalue weighted by Gasteiger charge is -2.03. The van der Waals surface area contributed by atoms with Gasteiger partial charge in [0.15, 0.2) is 0 Å².